The average Bonchev–Trinajstić information content (AvgIpc) is 2.98. The highest BCUT2D eigenvalue weighted by Crippen LogP contribution is 2.44. The molecule has 1 heterocycles. The molecule has 2 aliphatic rings. The van der Waals surface area contributed by atoms with Crippen LogP contribution in [0.3, 0.4) is 0 Å². The number of fused-ring (bicyclic) bond motifs is 1. The Balaban J connectivity index is 1.37. The highest BCUT2D eigenvalue weighted by atomic mass is 17.2. The van der Waals surface area contributed by atoms with E-state index in [1.165, 1.54) is 27.8 Å². The molecule has 214 valence electrons. The van der Waals surface area contributed by atoms with Gasteiger partial charge in [-0.25, -0.2) is 9.68 Å². The number of carbonyl (C=O) groups excluding carboxylic acids is 1. The quantitative estimate of drug-likeness (QED) is 0.168. The van der Waals surface area contributed by atoms with Gasteiger partial charge in [0, 0.05) is 18.7 Å². The molecule has 5 nitrogen and oxygen atoms in total. The summed E-state index contributed by atoms with van der Waals surface area (Å²) in [5.74, 6) is 1.44. The van der Waals surface area contributed by atoms with E-state index in [4.69, 9.17) is 14.5 Å². The van der Waals surface area contributed by atoms with Gasteiger partial charge in [-0.1, -0.05) is 93.6 Å². The van der Waals surface area contributed by atoms with Crippen LogP contribution in [0.1, 0.15) is 67.0 Å². The van der Waals surface area contributed by atoms with E-state index in [0.29, 0.717) is 25.4 Å². The SMILES string of the molecule is CC(C)(C)c1cc(C2=C(c3ccccc3)CCc3cc(OCc4ccccc4)ccc32)ccc1OOC(=O)N1CCC1. The average molecular weight is 560 g/mol. The van der Waals surface area contributed by atoms with Crippen molar-refractivity contribution in [1.82, 2.24) is 4.90 Å². The Morgan fingerprint density at radius 1 is 0.810 bits per heavy atom. The molecular weight excluding hydrogens is 522 g/mol. The van der Waals surface area contributed by atoms with Gasteiger partial charge < -0.3 is 9.64 Å². The maximum absolute atomic E-state index is 12.3. The minimum atomic E-state index is -0.439. The molecule has 0 unspecified atom stereocenters. The van der Waals surface area contributed by atoms with Gasteiger partial charge in [0.1, 0.15) is 12.4 Å². The van der Waals surface area contributed by atoms with Crippen LogP contribution in [0.5, 0.6) is 11.5 Å². The fourth-order valence-corrected chi connectivity index (χ4v) is 5.63. The largest absolute Gasteiger partial charge is 0.489 e. The Morgan fingerprint density at radius 3 is 2.24 bits per heavy atom. The molecule has 6 rings (SSSR count). The predicted octanol–water partition coefficient (Wildman–Crippen LogP) is 8.60. The van der Waals surface area contributed by atoms with Crippen molar-refractivity contribution in [2.45, 2.75) is 52.1 Å². The van der Waals surface area contributed by atoms with Crippen molar-refractivity contribution in [2.75, 3.05) is 13.1 Å². The number of allylic oxidation sites excluding steroid dienone is 1. The molecule has 4 aromatic carbocycles. The van der Waals surface area contributed by atoms with Crippen molar-refractivity contribution < 1.29 is 19.3 Å². The van der Waals surface area contributed by atoms with Gasteiger partial charge in [0.05, 0.1) is 0 Å². The molecule has 4 aromatic rings. The van der Waals surface area contributed by atoms with E-state index >= 15 is 0 Å². The van der Waals surface area contributed by atoms with E-state index in [9.17, 15) is 4.79 Å². The summed E-state index contributed by atoms with van der Waals surface area (Å²) in [5, 5.41) is 0. The van der Waals surface area contributed by atoms with Gasteiger partial charge in [0.2, 0.25) is 0 Å². The third kappa shape index (κ3) is 5.91. The fourth-order valence-electron chi connectivity index (χ4n) is 5.63. The number of nitrogens with zero attached hydrogens (tertiary/aromatic N) is 1. The topological polar surface area (TPSA) is 48.0 Å². The second-order valence-electron chi connectivity index (χ2n) is 12.0. The highest BCUT2D eigenvalue weighted by molar-refractivity contribution is 6.01. The number of hydrogen-bond acceptors (Lipinski definition) is 4. The van der Waals surface area contributed by atoms with Crippen LogP contribution in [0, 0.1) is 0 Å². The molecule has 0 aromatic heterocycles. The van der Waals surface area contributed by atoms with Gasteiger partial charge in [-0.05, 0) is 87.9 Å². The summed E-state index contributed by atoms with van der Waals surface area (Å²) in [6, 6.07) is 33.5. The van der Waals surface area contributed by atoms with E-state index in [0.717, 1.165) is 41.7 Å². The number of benzene rings is 4. The molecule has 5 heteroatoms. The molecule has 1 amide bonds. The predicted molar refractivity (Wildman–Crippen MR) is 166 cm³/mol. The zero-order valence-corrected chi connectivity index (χ0v) is 24.6. The summed E-state index contributed by atoms with van der Waals surface area (Å²) in [4.78, 5) is 24.9. The molecule has 1 aliphatic heterocycles. The molecule has 1 aliphatic carbocycles. The lowest BCUT2D eigenvalue weighted by Crippen LogP contribution is -2.42. The normalized spacial score (nSPS) is 14.6. The zero-order valence-electron chi connectivity index (χ0n) is 24.6. The van der Waals surface area contributed by atoms with Gasteiger partial charge in [-0.3, -0.25) is 4.89 Å². The number of carbonyl (C=O) groups is 1. The maximum atomic E-state index is 12.3. The summed E-state index contributed by atoms with van der Waals surface area (Å²) in [6.07, 6.45) is 2.42. The van der Waals surface area contributed by atoms with Crippen LogP contribution in [0.2, 0.25) is 0 Å². The highest BCUT2D eigenvalue weighted by Gasteiger charge is 2.28. The van der Waals surface area contributed by atoms with Crippen LogP contribution in [0.4, 0.5) is 4.79 Å². The molecule has 0 radical (unpaired) electrons. The third-order valence-corrected chi connectivity index (χ3v) is 8.06. The van der Waals surface area contributed by atoms with E-state index in [2.05, 4.69) is 93.6 Å². The summed E-state index contributed by atoms with van der Waals surface area (Å²) in [7, 11) is 0. The smallest absolute Gasteiger partial charge is 0.452 e. The van der Waals surface area contributed by atoms with E-state index in [1.807, 2.05) is 24.3 Å². The van der Waals surface area contributed by atoms with Crippen LogP contribution < -0.4 is 9.62 Å². The summed E-state index contributed by atoms with van der Waals surface area (Å²) < 4.78 is 6.19. The summed E-state index contributed by atoms with van der Waals surface area (Å²) in [6.45, 7) is 8.40. The fraction of sp³-hybridized carbons (Fsp3) is 0.270. The van der Waals surface area contributed by atoms with Gasteiger partial charge >= 0.3 is 6.09 Å². The number of aryl methyl sites for hydroxylation is 1. The van der Waals surface area contributed by atoms with Crippen molar-refractivity contribution >= 4 is 17.2 Å². The number of hydrogen-bond donors (Lipinski definition) is 0. The molecular formula is C37H37NO4. The molecule has 1 fully saturated rings. The minimum Gasteiger partial charge on any atom is -0.489 e. The van der Waals surface area contributed by atoms with E-state index in [1.54, 1.807) is 4.90 Å². The molecule has 1 saturated heterocycles. The Morgan fingerprint density at radius 2 is 1.55 bits per heavy atom. The molecule has 42 heavy (non-hydrogen) atoms. The number of likely N-dealkylation sites (tertiary alicyclic amines) is 1. The second kappa shape index (κ2) is 11.8. The van der Waals surface area contributed by atoms with E-state index < -0.39 is 6.09 Å². The Bertz CT molecular complexity index is 1600. The van der Waals surface area contributed by atoms with Crippen LogP contribution in [0.15, 0.2) is 97.1 Å². The van der Waals surface area contributed by atoms with Gasteiger partial charge in [-0.2, -0.15) is 0 Å². The zero-order chi connectivity index (χ0) is 29.1. The Labute approximate surface area is 248 Å². The summed E-state index contributed by atoms with van der Waals surface area (Å²) in [5.41, 5.74) is 9.24. The molecule has 0 spiro atoms. The molecule has 0 bridgehead atoms. The first-order valence-electron chi connectivity index (χ1n) is 14.7. The van der Waals surface area contributed by atoms with E-state index in [-0.39, 0.29) is 5.41 Å². The lowest BCUT2D eigenvalue weighted by Gasteiger charge is -2.29. The minimum absolute atomic E-state index is 0.241. The number of rotatable bonds is 7. The molecule has 0 N–H and O–H groups in total. The lowest BCUT2D eigenvalue weighted by molar-refractivity contribution is -0.158. The van der Waals surface area contributed by atoms with Crippen molar-refractivity contribution in [3.63, 3.8) is 0 Å². The first-order chi connectivity index (χ1) is 20.4. The second-order valence-corrected chi connectivity index (χ2v) is 12.0. The van der Waals surface area contributed by atoms with Gasteiger partial charge in [0.15, 0.2) is 5.75 Å². The Hall–Kier alpha value is -4.51. The van der Waals surface area contributed by atoms with Crippen molar-refractivity contribution in [3.05, 3.63) is 130 Å². The molecule has 0 saturated carbocycles. The Kier molecular flexibility index (Phi) is 7.75. The van der Waals surface area contributed by atoms with Crippen LogP contribution in [-0.4, -0.2) is 24.1 Å². The first kappa shape index (κ1) is 27.6. The van der Waals surface area contributed by atoms with Crippen molar-refractivity contribution in [1.29, 1.82) is 0 Å². The lowest BCUT2D eigenvalue weighted by atomic mass is 9.78. The number of ether oxygens (including phenoxy) is 1. The molecule has 0 atom stereocenters. The van der Waals surface area contributed by atoms with Crippen LogP contribution in [0.25, 0.3) is 11.1 Å². The van der Waals surface area contributed by atoms with Crippen LogP contribution in [-0.2, 0) is 23.3 Å². The monoisotopic (exact) mass is 559 g/mol. The van der Waals surface area contributed by atoms with Crippen LogP contribution >= 0.6 is 0 Å². The van der Waals surface area contributed by atoms with Crippen molar-refractivity contribution in [2.24, 2.45) is 0 Å². The van der Waals surface area contributed by atoms with Gasteiger partial charge in [-0.15, -0.1) is 0 Å². The van der Waals surface area contributed by atoms with Crippen molar-refractivity contribution in [3.8, 4) is 11.5 Å². The van der Waals surface area contributed by atoms with Gasteiger partial charge in [0.25, 0.3) is 0 Å². The summed E-state index contributed by atoms with van der Waals surface area (Å²) >= 11 is 0. The maximum Gasteiger partial charge on any atom is 0.452 e. The third-order valence-electron chi connectivity index (χ3n) is 8.06. The first-order valence-corrected chi connectivity index (χ1v) is 14.7. The standard InChI is InChI=1S/C37H37NO4/c1-37(2,3)33-24-29(16-20-34(33)41-42-36(39)38-21-10-22-38)35-31(27-13-8-5-9-14-27)18-15-28-23-30(17-19-32(28)35)40-25-26-11-6-4-7-12-26/h4-9,11-14,16-17,19-20,23-24H,10,15,18,21-22,25H2,1-3H3. The number of amides is 1.